The smallest absolute Gasteiger partial charge is 0.329 e. The van der Waals surface area contributed by atoms with Crippen LogP contribution in [0.3, 0.4) is 0 Å². The summed E-state index contributed by atoms with van der Waals surface area (Å²) in [6.45, 7) is 8.10. The Hall–Kier alpha value is -2.70. The van der Waals surface area contributed by atoms with Crippen molar-refractivity contribution in [3.05, 3.63) is 50.8 Å². The van der Waals surface area contributed by atoms with Gasteiger partial charge in [0.1, 0.15) is 12.1 Å². The van der Waals surface area contributed by atoms with Crippen molar-refractivity contribution in [2.45, 2.75) is 59.1 Å². The lowest BCUT2D eigenvalue weighted by atomic mass is 9.75. The van der Waals surface area contributed by atoms with Crippen LogP contribution in [0.4, 0.5) is 5.69 Å². The second kappa shape index (κ2) is 8.35. The number of carbonyl (C=O) groups is 1. The van der Waals surface area contributed by atoms with Crippen LogP contribution in [0.25, 0.3) is 10.9 Å². The molecule has 7 nitrogen and oxygen atoms in total. The standard InChI is InChI=1S/C22H28N2O5/c1-13(2)18-8-5-14(3)11-20(18)29-22(26)15(4)23-19-9-7-17(24(27)28)12-16(19)6-10-21(23)25/h6-7,9-10,12-15,18,20H,5,8,11H2,1-4H3. The largest absolute Gasteiger partial charge is 0.461 e. The highest BCUT2D eigenvalue weighted by atomic mass is 16.6. The summed E-state index contributed by atoms with van der Waals surface area (Å²) in [6.07, 6.45) is 2.84. The number of carbonyl (C=O) groups excluding carboxylic acids is 1. The van der Waals surface area contributed by atoms with Crippen molar-refractivity contribution in [2.75, 3.05) is 0 Å². The number of benzene rings is 1. The second-order valence-electron chi connectivity index (χ2n) is 8.52. The summed E-state index contributed by atoms with van der Waals surface area (Å²) < 4.78 is 7.27. The molecule has 1 saturated carbocycles. The molecule has 1 fully saturated rings. The Bertz CT molecular complexity index is 981. The number of non-ortho nitro benzene ring substituents is 1. The van der Waals surface area contributed by atoms with E-state index in [2.05, 4.69) is 20.8 Å². The van der Waals surface area contributed by atoms with E-state index in [1.807, 2.05) is 0 Å². The molecule has 4 atom stereocenters. The first-order valence-electron chi connectivity index (χ1n) is 10.2. The lowest BCUT2D eigenvalue weighted by molar-refractivity contribution is -0.384. The van der Waals surface area contributed by atoms with E-state index in [-0.39, 0.29) is 17.4 Å². The van der Waals surface area contributed by atoms with E-state index < -0.39 is 16.9 Å². The van der Waals surface area contributed by atoms with Gasteiger partial charge in [0.2, 0.25) is 0 Å². The molecule has 4 unspecified atom stereocenters. The van der Waals surface area contributed by atoms with E-state index in [0.717, 1.165) is 19.3 Å². The molecule has 0 aliphatic heterocycles. The normalized spacial score (nSPS) is 23.1. The highest BCUT2D eigenvalue weighted by Gasteiger charge is 2.34. The van der Waals surface area contributed by atoms with E-state index in [1.165, 1.54) is 34.9 Å². The van der Waals surface area contributed by atoms with Gasteiger partial charge in [0.05, 0.1) is 10.4 Å². The Morgan fingerprint density at radius 3 is 2.59 bits per heavy atom. The third kappa shape index (κ3) is 4.33. The summed E-state index contributed by atoms with van der Waals surface area (Å²) in [6, 6.07) is 6.30. The minimum Gasteiger partial charge on any atom is -0.461 e. The van der Waals surface area contributed by atoms with Gasteiger partial charge in [-0.1, -0.05) is 27.2 Å². The van der Waals surface area contributed by atoms with Gasteiger partial charge in [0.15, 0.2) is 0 Å². The lowest BCUT2D eigenvalue weighted by Gasteiger charge is -2.37. The summed E-state index contributed by atoms with van der Waals surface area (Å²) in [5.74, 6) is 0.785. The van der Waals surface area contributed by atoms with Gasteiger partial charge in [-0.25, -0.2) is 4.79 Å². The van der Waals surface area contributed by atoms with E-state index in [0.29, 0.717) is 28.7 Å². The van der Waals surface area contributed by atoms with Crippen LogP contribution >= 0.6 is 0 Å². The molecule has 0 bridgehead atoms. The van der Waals surface area contributed by atoms with Crippen LogP contribution < -0.4 is 5.56 Å². The quantitative estimate of drug-likeness (QED) is 0.419. The number of fused-ring (bicyclic) bond motifs is 1. The fourth-order valence-electron chi connectivity index (χ4n) is 4.37. The Morgan fingerprint density at radius 2 is 1.93 bits per heavy atom. The SMILES string of the molecule is CC1CCC(C(C)C)C(OC(=O)C(C)n2c(=O)ccc3cc([N+](=O)[O-])ccc32)C1. The summed E-state index contributed by atoms with van der Waals surface area (Å²) in [4.78, 5) is 36.1. The number of ether oxygens (including phenoxy) is 1. The van der Waals surface area contributed by atoms with Crippen molar-refractivity contribution >= 4 is 22.6 Å². The van der Waals surface area contributed by atoms with Crippen molar-refractivity contribution in [2.24, 2.45) is 17.8 Å². The summed E-state index contributed by atoms with van der Waals surface area (Å²) in [5, 5.41) is 11.6. The maximum absolute atomic E-state index is 13.0. The first kappa shape index (κ1) is 21.0. The number of rotatable bonds is 5. The zero-order valence-electron chi connectivity index (χ0n) is 17.3. The summed E-state index contributed by atoms with van der Waals surface area (Å²) in [5.41, 5.74) is 0.0760. The van der Waals surface area contributed by atoms with Crippen molar-refractivity contribution in [3.63, 3.8) is 0 Å². The van der Waals surface area contributed by atoms with Gasteiger partial charge in [-0.3, -0.25) is 19.5 Å². The molecule has 0 N–H and O–H groups in total. The lowest BCUT2D eigenvalue weighted by Crippen LogP contribution is -2.38. The molecule has 29 heavy (non-hydrogen) atoms. The molecule has 0 amide bonds. The third-order valence-electron chi connectivity index (χ3n) is 6.08. The fraction of sp³-hybridized carbons (Fsp3) is 0.545. The van der Waals surface area contributed by atoms with Gasteiger partial charge in [-0.2, -0.15) is 0 Å². The van der Waals surface area contributed by atoms with E-state index in [1.54, 1.807) is 6.92 Å². The maximum Gasteiger partial charge on any atom is 0.329 e. The van der Waals surface area contributed by atoms with E-state index in [9.17, 15) is 19.7 Å². The summed E-state index contributed by atoms with van der Waals surface area (Å²) in [7, 11) is 0. The molecule has 0 radical (unpaired) electrons. The maximum atomic E-state index is 13.0. The number of nitro groups is 1. The number of hydrogen-bond acceptors (Lipinski definition) is 5. The van der Waals surface area contributed by atoms with Crippen LogP contribution in [0.5, 0.6) is 0 Å². The van der Waals surface area contributed by atoms with Gasteiger partial charge in [0, 0.05) is 23.6 Å². The van der Waals surface area contributed by atoms with Crippen molar-refractivity contribution in [3.8, 4) is 0 Å². The monoisotopic (exact) mass is 400 g/mol. The molecule has 0 spiro atoms. The first-order valence-corrected chi connectivity index (χ1v) is 10.2. The second-order valence-corrected chi connectivity index (χ2v) is 8.52. The Balaban J connectivity index is 1.91. The minimum absolute atomic E-state index is 0.0612. The molecule has 156 valence electrons. The molecule has 1 aromatic heterocycles. The van der Waals surface area contributed by atoms with Crippen molar-refractivity contribution < 1.29 is 14.5 Å². The average molecular weight is 400 g/mol. The zero-order chi connectivity index (χ0) is 21.3. The number of esters is 1. The first-order chi connectivity index (χ1) is 13.7. The number of nitrogens with zero attached hydrogens (tertiary/aromatic N) is 2. The molecule has 1 aromatic carbocycles. The number of pyridine rings is 1. The van der Waals surface area contributed by atoms with Crippen molar-refractivity contribution in [1.29, 1.82) is 0 Å². The highest BCUT2D eigenvalue weighted by Crippen LogP contribution is 2.36. The van der Waals surface area contributed by atoms with Crippen LogP contribution in [0, 0.1) is 27.9 Å². The number of aromatic nitrogens is 1. The molecular weight excluding hydrogens is 372 g/mol. The van der Waals surface area contributed by atoms with Crippen LogP contribution in [0.2, 0.25) is 0 Å². The van der Waals surface area contributed by atoms with Crippen LogP contribution in [-0.4, -0.2) is 21.6 Å². The Kier molecular flexibility index (Phi) is 6.05. The van der Waals surface area contributed by atoms with Crippen LogP contribution in [-0.2, 0) is 9.53 Å². The van der Waals surface area contributed by atoms with Crippen molar-refractivity contribution in [1.82, 2.24) is 4.57 Å². The van der Waals surface area contributed by atoms with E-state index >= 15 is 0 Å². The van der Waals surface area contributed by atoms with Crippen LogP contribution in [0.15, 0.2) is 35.1 Å². The predicted molar refractivity (Wildman–Crippen MR) is 111 cm³/mol. The van der Waals surface area contributed by atoms with Gasteiger partial charge in [0.25, 0.3) is 11.2 Å². The predicted octanol–water partition coefficient (Wildman–Crippen LogP) is 4.47. The van der Waals surface area contributed by atoms with Crippen LogP contribution in [0.1, 0.15) is 53.0 Å². The van der Waals surface area contributed by atoms with Gasteiger partial charge in [-0.05, 0) is 49.7 Å². The van der Waals surface area contributed by atoms with Gasteiger partial charge >= 0.3 is 5.97 Å². The molecule has 3 rings (SSSR count). The number of nitro benzene ring substituents is 1. The minimum atomic E-state index is -0.822. The number of hydrogen-bond donors (Lipinski definition) is 0. The molecular formula is C22H28N2O5. The molecule has 0 saturated heterocycles. The fourth-order valence-corrected chi connectivity index (χ4v) is 4.37. The Morgan fingerprint density at radius 1 is 1.21 bits per heavy atom. The van der Waals surface area contributed by atoms with E-state index in [4.69, 9.17) is 4.74 Å². The van der Waals surface area contributed by atoms with Gasteiger partial charge < -0.3 is 4.74 Å². The molecule has 1 aliphatic rings. The average Bonchev–Trinajstić information content (AvgIpc) is 2.66. The molecule has 1 aliphatic carbocycles. The molecule has 7 heteroatoms. The highest BCUT2D eigenvalue weighted by molar-refractivity contribution is 5.84. The Labute approximate surface area is 169 Å². The molecule has 1 heterocycles. The topological polar surface area (TPSA) is 91.4 Å². The third-order valence-corrected chi connectivity index (χ3v) is 6.08. The summed E-state index contributed by atoms with van der Waals surface area (Å²) >= 11 is 0. The van der Waals surface area contributed by atoms with Gasteiger partial charge in [-0.15, -0.1) is 0 Å². The zero-order valence-corrected chi connectivity index (χ0v) is 17.3. The molecule has 2 aromatic rings.